The van der Waals surface area contributed by atoms with E-state index in [2.05, 4.69) is 33.0 Å². The minimum absolute atomic E-state index is 0.107. The summed E-state index contributed by atoms with van der Waals surface area (Å²) in [4.78, 5) is 11.9. The van der Waals surface area contributed by atoms with Crippen LogP contribution in [0, 0.1) is 0 Å². The molecule has 0 spiro atoms. The first-order valence-electron chi connectivity index (χ1n) is 7.65. The number of nitrogens with zero attached hydrogens (tertiary/aromatic N) is 2. The molecule has 1 aliphatic rings. The van der Waals surface area contributed by atoms with Gasteiger partial charge in [-0.05, 0) is 38.2 Å². The Kier molecular flexibility index (Phi) is 4.68. The number of rotatable bonds is 6. The quantitative estimate of drug-likeness (QED) is 0.856. The fourth-order valence-corrected chi connectivity index (χ4v) is 3.14. The molecule has 3 rings (SSSR count). The zero-order chi connectivity index (χ0) is 15.4. The first-order chi connectivity index (χ1) is 10.7. The number of nitrogens with one attached hydrogen (secondary N) is 2. The average molecular weight is 316 g/mol. The van der Waals surface area contributed by atoms with Crippen molar-refractivity contribution in [3.05, 3.63) is 40.9 Å². The highest BCUT2D eigenvalue weighted by molar-refractivity contribution is 7.15. The third-order valence-electron chi connectivity index (χ3n) is 3.67. The van der Waals surface area contributed by atoms with Crippen LogP contribution in [0.5, 0.6) is 0 Å². The minimum Gasteiger partial charge on any atom is -0.335 e. The van der Waals surface area contributed by atoms with Gasteiger partial charge in [-0.2, -0.15) is 0 Å². The molecule has 6 heteroatoms. The van der Waals surface area contributed by atoms with Crippen LogP contribution in [0.4, 0.5) is 9.93 Å². The molecule has 5 nitrogen and oxygen atoms in total. The van der Waals surface area contributed by atoms with Crippen molar-refractivity contribution in [1.82, 2.24) is 15.5 Å². The van der Waals surface area contributed by atoms with Crippen LogP contribution in [0.3, 0.4) is 0 Å². The number of anilines is 1. The maximum Gasteiger partial charge on any atom is 0.321 e. The summed E-state index contributed by atoms with van der Waals surface area (Å²) in [5, 5.41) is 15.5. The van der Waals surface area contributed by atoms with E-state index in [1.807, 2.05) is 25.1 Å². The van der Waals surface area contributed by atoms with Crippen molar-refractivity contribution in [3.8, 4) is 0 Å². The summed E-state index contributed by atoms with van der Waals surface area (Å²) in [6.07, 6.45) is 4.24. The standard InChI is InChI=1S/C16H20N4OS/c1-11(7-8-12-5-3-2-4-6-12)17-15(21)18-16-20-19-14(22-16)13-9-10-13/h2-6,11,13H,7-10H2,1H3,(H2,17,18,20,21). The summed E-state index contributed by atoms with van der Waals surface area (Å²) in [5.74, 6) is 0.570. The predicted molar refractivity (Wildman–Crippen MR) is 88.3 cm³/mol. The van der Waals surface area contributed by atoms with Crippen LogP contribution in [0.25, 0.3) is 0 Å². The van der Waals surface area contributed by atoms with Gasteiger partial charge in [0.05, 0.1) is 0 Å². The molecule has 1 aromatic carbocycles. The number of amides is 2. The number of hydrogen-bond acceptors (Lipinski definition) is 4. The highest BCUT2D eigenvalue weighted by Crippen LogP contribution is 2.41. The fraction of sp³-hybridized carbons (Fsp3) is 0.438. The molecule has 1 fully saturated rings. The molecular formula is C16H20N4OS. The topological polar surface area (TPSA) is 66.9 Å². The third kappa shape index (κ3) is 4.27. The molecule has 2 N–H and O–H groups in total. The lowest BCUT2D eigenvalue weighted by molar-refractivity contribution is 0.248. The Morgan fingerprint density at radius 1 is 1.32 bits per heavy atom. The van der Waals surface area contributed by atoms with Crippen molar-refractivity contribution in [3.63, 3.8) is 0 Å². The van der Waals surface area contributed by atoms with Crippen molar-refractivity contribution in [2.75, 3.05) is 5.32 Å². The Morgan fingerprint density at radius 3 is 2.82 bits per heavy atom. The van der Waals surface area contributed by atoms with Gasteiger partial charge in [-0.1, -0.05) is 41.7 Å². The monoisotopic (exact) mass is 316 g/mol. The molecule has 2 aromatic rings. The number of aromatic nitrogens is 2. The summed E-state index contributed by atoms with van der Waals surface area (Å²) in [6.45, 7) is 2.01. The highest BCUT2D eigenvalue weighted by Gasteiger charge is 2.27. The molecule has 1 aromatic heterocycles. The van der Waals surface area contributed by atoms with Gasteiger partial charge >= 0.3 is 6.03 Å². The van der Waals surface area contributed by atoms with Gasteiger partial charge in [-0.15, -0.1) is 10.2 Å². The first-order valence-corrected chi connectivity index (χ1v) is 8.47. The van der Waals surface area contributed by atoms with E-state index in [1.165, 1.54) is 29.7 Å². The molecular weight excluding hydrogens is 296 g/mol. The van der Waals surface area contributed by atoms with Crippen molar-refractivity contribution in [1.29, 1.82) is 0 Å². The van der Waals surface area contributed by atoms with Crippen molar-refractivity contribution in [2.24, 2.45) is 0 Å². The van der Waals surface area contributed by atoms with Crippen molar-refractivity contribution < 1.29 is 4.79 Å². The Labute approximate surface area is 134 Å². The van der Waals surface area contributed by atoms with E-state index in [9.17, 15) is 4.79 Å². The van der Waals surface area contributed by atoms with Crippen LogP contribution in [-0.2, 0) is 6.42 Å². The largest absolute Gasteiger partial charge is 0.335 e. The second kappa shape index (κ2) is 6.87. The molecule has 1 aliphatic carbocycles. The number of urea groups is 1. The molecule has 116 valence electrons. The second-order valence-corrected chi connectivity index (χ2v) is 6.75. The lowest BCUT2D eigenvalue weighted by Crippen LogP contribution is -2.36. The highest BCUT2D eigenvalue weighted by atomic mass is 32.1. The number of carbonyl (C=O) groups is 1. The number of benzene rings is 1. The Bertz CT molecular complexity index is 624. The van der Waals surface area contributed by atoms with Gasteiger partial charge in [0.2, 0.25) is 5.13 Å². The Hall–Kier alpha value is -1.95. The lowest BCUT2D eigenvalue weighted by atomic mass is 10.1. The van der Waals surface area contributed by atoms with Gasteiger partial charge in [0.1, 0.15) is 5.01 Å². The fourth-order valence-electron chi connectivity index (χ4n) is 2.24. The van der Waals surface area contributed by atoms with E-state index in [0.717, 1.165) is 17.8 Å². The molecule has 1 atom stereocenters. The molecule has 0 saturated heterocycles. The molecule has 2 amide bonds. The molecule has 1 unspecified atom stereocenters. The number of aryl methyl sites for hydroxylation is 1. The summed E-state index contributed by atoms with van der Waals surface area (Å²) < 4.78 is 0. The van der Waals surface area contributed by atoms with Crippen LogP contribution in [0.15, 0.2) is 30.3 Å². The van der Waals surface area contributed by atoms with Crippen LogP contribution >= 0.6 is 11.3 Å². The van der Waals surface area contributed by atoms with Gasteiger partial charge in [-0.3, -0.25) is 5.32 Å². The second-order valence-electron chi connectivity index (χ2n) is 5.74. The van der Waals surface area contributed by atoms with Crippen LogP contribution < -0.4 is 10.6 Å². The van der Waals surface area contributed by atoms with Crippen molar-refractivity contribution in [2.45, 2.75) is 44.6 Å². The van der Waals surface area contributed by atoms with Gasteiger partial charge < -0.3 is 5.32 Å². The molecule has 1 saturated carbocycles. The Balaban J connectivity index is 1.42. The van der Waals surface area contributed by atoms with E-state index < -0.39 is 0 Å². The summed E-state index contributed by atoms with van der Waals surface area (Å²) >= 11 is 1.47. The van der Waals surface area contributed by atoms with Gasteiger partial charge in [0.25, 0.3) is 0 Å². The summed E-state index contributed by atoms with van der Waals surface area (Å²) in [7, 11) is 0. The molecule has 0 radical (unpaired) electrons. The smallest absolute Gasteiger partial charge is 0.321 e. The van der Waals surface area contributed by atoms with E-state index in [4.69, 9.17) is 0 Å². The average Bonchev–Trinajstić information content (AvgIpc) is 3.27. The van der Waals surface area contributed by atoms with Crippen molar-refractivity contribution >= 4 is 22.5 Å². The van der Waals surface area contributed by atoms with Gasteiger partial charge in [-0.25, -0.2) is 4.79 Å². The van der Waals surface area contributed by atoms with E-state index >= 15 is 0 Å². The normalized spacial score (nSPS) is 15.3. The minimum atomic E-state index is -0.209. The third-order valence-corrected chi connectivity index (χ3v) is 4.68. The number of hydrogen-bond donors (Lipinski definition) is 2. The zero-order valence-electron chi connectivity index (χ0n) is 12.6. The molecule has 0 bridgehead atoms. The maximum absolute atomic E-state index is 11.9. The van der Waals surface area contributed by atoms with Crippen LogP contribution in [0.1, 0.15) is 42.7 Å². The van der Waals surface area contributed by atoms with E-state index in [-0.39, 0.29) is 12.1 Å². The summed E-state index contributed by atoms with van der Waals surface area (Å²) in [6, 6.07) is 10.2. The molecule has 0 aliphatic heterocycles. The summed E-state index contributed by atoms with van der Waals surface area (Å²) in [5.41, 5.74) is 1.29. The molecule has 22 heavy (non-hydrogen) atoms. The molecule has 1 heterocycles. The van der Waals surface area contributed by atoms with Crippen LogP contribution in [0.2, 0.25) is 0 Å². The SMILES string of the molecule is CC(CCc1ccccc1)NC(=O)Nc1nnc(C2CC2)s1. The van der Waals surface area contributed by atoms with Gasteiger partial charge in [0.15, 0.2) is 0 Å². The van der Waals surface area contributed by atoms with E-state index in [0.29, 0.717) is 11.0 Å². The van der Waals surface area contributed by atoms with Gasteiger partial charge in [0, 0.05) is 12.0 Å². The van der Waals surface area contributed by atoms with Crippen LogP contribution in [-0.4, -0.2) is 22.3 Å². The lowest BCUT2D eigenvalue weighted by Gasteiger charge is -2.13. The van der Waals surface area contributed by atoms with E-state index in [1.54, 1.807) is 0 Å². The maximum atomic E-state index is 11.9. The predicted octanol–water partition coefficient (Wildman–Crippen LogP) is 3.56. The first kappa shape index (κ1) is 15.0. The zero-order valence-corrected chi connectivity index (χ0v) is 13.4. The Morgan fingerprint density at radius 2 is 2.09 bits per heavy atom. The number of carbonyl (C=O) groups excluding carboxylic acids is 1.